The van der Waals surface area contributed by atoms with E-state index in [2.05, 4.69) is 13.0 Å². The molecule has 2 heteroatoms. The molecule has 2 atom stereocenters. The second-order valence-corrected chi connectivity index (χ2v) is 4.55. The van der Waals surface area contributed by atoms with Crippen molar-refractivity contribution in [2.45, 2.75) is 51.6 Å². The first-order valence-electron chi connectivity index (χ1n) is 6.17. The van der Waals surface area contributed by atoms with Crippen LogP contribution in [-0.4, -0.2) is 18.5 Å². The van der Waals surface area contributed by atoms with Crippen molar-refractivity contribution in [1.82, 2.24) is 0 Å². The highest BCUT2D eigenvalue weighted by atomic mass is 16.5. The highest BCUT2D eigenvalue weighted by Crippen LogP contribution is 2.29. The summed E-state index contributed by atoms with van der Waals surface area (Å²) in [6.07, 6.45) is 8.73. The lowest BCUT2D eigenvalue weighted by Gasteiger charge is -2.19. The van der Waals surface area contributed by atoms with Gasteiger partial charge in [-0.05, 0) is 44.1 Å². The summed E-state index contributed by atoms with van der Waals surface area (Å²) in [7, 11) is 0. The first kappa shape index (κ1) is 10.9. The molecule has 0 spiro atoms. The molecule has 1 fully saturated rings. The molecule has 0 aromatic rings. The minimum atomic E-state index is 0.152. The fourth-order valence-corrected chi connectivity index (χ4v) is 2.65. The number of hydrogen-bond donors (Lipinski definition) is 0. The molecule has 0 saturated carbocycles. The van der Waals surface area contributed by atoms with Gasteiger partial charge in [-0.25, -0.2) is 0 Å². The van der Waals surface area contributed by atoms with Gasteiger partial charge in [0.1, 0.15) is 0 Å². The molecule has 0 radical (unpaired) electrons. The van der Waals surface area contributed by atoms with Gasteiger partial charge in [-0.1, -0.05) is 13.0 Å². The van der Waals surface area contributed by atoms with Gasteiger partial charge in [0.25, 0.3) is 0 Å². The van der Waals surface area contributed by atoms with E-state index in [4.69, 9.17) is 4.74 Å². The van der Waals surface area contributed by atoms with E-state index in [9.17, 15) is 4.79 Å². The van der Waals surface area contributed by atoms with E-state index in [1.54, 1.807) is 0 Å². The third kappa shape index (κ3) is 2.31. The van der Waals surface area contributed by atoms with Gasteiger partial charge in [0.2, 0.25) is 0 Å². The van der Waals surface area contributed by atoms with Crippen LogP contribution in [0.4, 0.5) is 0 Å². The number of carbonyl (C=O) groups excluding carboxylic acids is 1. The number of hydrogen-bond acceptors (Lipinski definition) is 2. The lowest BCUT2D eigenvalue weighted by molar-refractivity contribution is -0.121. The number of allylic oxidation sites excluding steroid dienone is 2. The molecule has 2 nitrogen and oxygen atoms in total. The van der Waals surface area contributed by atoms with Crippen LogP contribution in [-0.2, 0) is 9.53 Å². The Kier molecular flexibility index (Phi) is 3.57. The summed E-state index contributed by atoms with van der Waals surface area (Å²) in [4.78, 5) is 12.2. The summed E-state index contributed by atoms with van der Waals surface area (Å²) < 4.78 is 5.58. The smallest absolute Gasteiger partial charge is 0.164 e. The van der Waals surface area contributed by atoms with Crippen LogP contribution in [0, 0.1) is 5.92 Å². The van der Waals surface area contributed by atoms with E-state index in [-0.39, 0.29) is 12.0 Å². The monoisotopic (exact) mass is 208 g/mol. The summed E-state index contributed by atoms with van der Waals surface area (Å²) in [6.45, 7) is 2.87. The minimum absolute atomic E-state index is 0.152. The van der Waals surface area contributed by atoms with Crippen molar-refractivity contribution in [3.05, 3.63) is 11.6 Å². The highest BCUT2D eigenvalue weighted by molar-refractivity contribution is 5.97. The molecular weight excluding hydrogens is 188 g/mol. The molecule has 1 saturated heterocycles. The number of ketones is 1. The normalized spacial score (nSPS) is 31.4. The van der Waals surface area contributed by atoms with E-state index in [0.29, 0.717) is 5.78 Å². The van der Waals surface area contributed by atoms with Gasteiger partial charge in [0.15, 0.2) is 5.78 Å². The Morgan fingerprint density at radius 1 is 1.53 bits per heavy atom. The maximum absolute atomic E-state index is 12.2. The molecule has 2 aliphatic rings. The average molecular weight is 208 g/mol. The summed E-state index contributed by atoms with van der Waals surface area (Å²) in [6, 6.07) is 0. The Morgan fingerprint density at radius 2 is 2.40 bits per heavy atom. The second-order valence-electron chi connectivity index (χ2n) is 4.55. The topological polar surface area (TPSA) is 26.3 Å². The maximum Gasteiger partial charge on any atom is 0.164 e. The van der Waals surface area contributed by atoms with Gasteiger partial charge < -0.3 is 4.74 Å². The van der Waals surface area contributed by atoms with E-state index >= 15 is 0 Å². The third-order valence-corrected chi connectivity index (χ3v) is 3.56. The van der Waals surface area contributed by atoms with Crippen LogP contribution in [0.1, 0.15) is 45.4 Å². The standard InChI is InChI=1S/C13H20O2/c1-2-12-11(8-9-15-12)13(14)10-6-4-3-5-7-10/h6,11-12H,2-5,7-9H2,1H3. The van der Waals surface area contributed by atoms with Crippen LogP contribution in [0.25, 0.3) is 0 Å². The lowest BCUT2D eigenvalue weighted by atomic mass is 9.86. The molecule has 0 bridgehead atoms. The molecule has 1 heterocycles. The van der Waals surface area contributed by atoms with Crippen molar-refractivity contribution >= 4 is 5.78 Å². The Hall–Kier alpha value is -0.630. The Labute approximate surface area is 91.7 Å². The summed E-state index contributed by atoms with van der Waals surface area (Å²) >= 11 is 0. The summed E-state index contributed by atoms with van der Waals surface area (Å²) in [5.74, 6) is 0.526. The van der Waals surface area contributed by atoms with Crippen LogP contribution in [0.2, 0.25) is 0 Å². The quantitative estimate of drug-likeness (QED) is 0.713. The SMILES string of the molecule is CCC1OCCC1C(=O)C1=CCCCC1. The molecule has 0 aromatic heterocycles. The number of carbonyl (C=O) groups is 1. The molecule has 0 N–H and O–H groups in total. The minimum Gasteiger partial charge on any atom is -0.377 e. The van der Waals surface area contributed by atoms with Crippen LogP contribution >= 0.6 is 0 Å². The molecular formula is C13H20O2. The number of rotatable bonds is 3. The predicted octanol–water partition coefficient (Wildman–Crippen LogP) is 2.87. The van der Waals surface area contributed by atoms with Crippen molar-refractivity contribution in [1.29, 1.82) is 0 Å². The van der Waals surface area contributed by atoms with E-state index in [1.165, 1.54) is 12.8 Å². The molecule has 2 unspecified atom stereocenters. The molecule has 0 amide bonds. The first-order valence-corrected chi connectivity index (χ1v) is 6.17. The Bertz CT molecular complexity index is 268. The van der Waals surface area contributed by atoms with E-state index in [0.717, 1.165) is 37.9 Å². The van der Waals surface area contributed by atoms with Gasteiger partial charge in [0, 0.05) is 6.61 Å². The van der Waals surface area contributed by atoms with Crippen LogP contribution < -0.4 is 0 Å². The van der Waals surface area contributed by atoms with Crippen molar-refractivity contribution in [3.63, 3.8) is 0 Å². The average Bonchev–Trinajstić information content (AvgIpc) is 2.77. The number of Topliss-reactive ketones (excluding diaryl/α,β-unsaturated/α-hetero) is 1. The molecule has 84 valence electrons. The summed E-state index contributed by atoms with van der Waals surface area (Å²) in [5, 5.41) is 0. The second kappa shape index (κ2) is 4.93. The van der Waals surface area contributed by atoms with Crippen LogP contribution in [0.5, 0.6) is 0 Å². The summed E-state index contributed by atoms with van der Waals surface area (Å²) in [5.41, 5.74) is 1.08. The zero-order valence-electron chi connectivity index (χ0n) is 9.50. The van der Waals surface area contributed by atoms with Gasteiger partial charge >= 0.3 is 0 Å². The van der Waals surface area contributed by atoms with Gasteiger partial charge in [0.05, 0.1) is 12.0 Å². The fourth-order valence-electron chi connectivity index (χ4n) is 2.65. The Balaban J connectivity index is 2.03. The van der Waals surface area contributed by atoms with Crippen molar-refractivity contribution in [2.24, 2.45) is 5.92 Å². The maximum atomic E-state index is 12.2. The first-order chi connectivity index (χ1) is 7.33. The van der Waals surface area contributed by atoms with Gasteiger partial charge in [-0.3, -0.25) is 4.79 Å². The highest BCUT2D eigenvalue weighted by Gasteiger charge is 2.34. The lowest BCUT2D eigenvalue weighted by Crippen LogP contribution is -2.25. The molecule has 2 rings (SSSR count). The van der Waals surface area contributed by atoms with Crippen molar-refractivity contribution in [2.75, 3.05) is 6.61 Å². The van der Waals surface area contributed by atoms with E-state index < -0.39 is 0 Å². The van der Waals surface area contributed by atoms with Crippen LogP contribution in [0.15, 0.2) is 11.6 Å². The Morgan fingerprint density at radius 3 is 3.07 bits per heavy atom. The van der Waals surface area contributed by atoms with Crippen molar-refractivity contribution < 1.29 is 9.53 Å². The van der Waals surface area contributed by atoms with E-state index in [1.807, 2.05) is 0 Å². The predicted molar refractivity (Wildman–Crippen MR) is 59.7 cm³/mol. The zero-order chi connectivity index (χ0) is 10.7. The van der Waals surface area contributed by atoms with Crippen LogP contribution in [0.3, 0.4) is 0 Å². The van der Waals surface area contributed by atoms with Gasteiger partial charge in [-0.15, -0.1) is 0 Å². The van der Waals surface area contributed by atoms with Gasteiger partial charge in [-0.2, -0.15) is 0 Å². The molecule has 1 aliphatic heterocycles. The zero-order valence-corrected chi connectivity index (χ0v) is 9.50. The molecule has 15 heavy (non-hydrogen) atoms. The largest absolute Gasteiger partial charge is 0.377 e. The number of ether oxygens (including phenoxy) is 1. The fraction of sp³-hybridized carbons (Fsp3) is 0.769. The third-order valence-electron chi connectivity index (χ3n) is 3.56. The molecule has 0 aromatic carbocycles. The molecule has 1 aliphatic carbocycles. The van der Waals surface area contributed by atoms with Crippen molar-refractivity contribution in [3.8, 4) is 0 Å².